The third kappa shape index (κ3) is 19.2. The third-order valence-electron chi connectivity index (χ3n) is 12.3. The Hall–Kier alpha value is -4.72. The Bertz CT molecular complexity index is 1820. The average molecular weight is 873 g/mol. The summed E-state index contributed by atoms with van der Waals surface area (Å²) in [6.45, 7) is 10.0. The first kappa shape index (κ1) is 50.3. The molecular weight excluding hydrogens is 793 g/mol. The van der Waals surface area contributed by atoms with Crippen LogP contribution in [0.3, 0.4) is 0 Å². The summed E-state index contributed by atoms with van der Waals surface area (Å²) < 4.78 is 24.4. The molecule has 0 radical (unpaired) electrons. The first-order chi connectivity index (χ1) is 31.7. The second-order valence-corrected chi connectivity index (χ2v) is 17.8. The molecule has 0 amide bonds. The number of unbranched alkanes of at least 4 members (excludes halogenated alkanes) is 26. The topological polar surface area (TPSA) is 96.3 Å². The van der Waals surface area contributed by atoms with Gasteiger partial charge in [-0.3, -0.25) is 0 Å². The van der Waals surface area contributed by atoms with Crippen LogP contribution in [0.15, 0.2) is 82.1 Å². The molecule has 0 saturated carbocycles. The van der Waals surface area contributed by atoms with E-state index in [9.17, 15) is 0 Å². The van der Waals surface area contributed by atoms with Crippen LogP contribution in [-0.4, -0.2) is 33.6 Å². The smallest absolute Gasteiger partial charge is 0.248 e. The van der Waals surface area contributed by atoms with Crippen LogP contribution in [0, 0.1) is 0 Å². The first-order valence-corrected chi connectivity index (χ1v) is 25.6. The molecular formula is C56H80N4O4. The standard InChI is InChI=1S/C56H80N4O4/c1-4-7-9-11-13-15-17-19-21-23-25-27-29-31-41-61-51-37-33-47(34-38-51)53-57-59-55(63-53)49-43-46(6-3)44-50(45-49)56-60-58-54(64-56)48-35-39-52(40-36-48)62-42-32-30-28-26-24-22-20-18-16-14-12-10-8-5-2/h6,33-40,43-45H,3-5,7-32,41-42H2,1-2H3. The molecule has 0 aliphatic rings. The van der Waals surface area contributed by atoms with Crippen molar-refractivity contribution in [3.05, 3.63) is 78.9 Å². The molecule has 0 atom stereocenters. The summed E-state index contributed by atoms with van der Waals surface area (Å²) in [6.07, 6.45) is 39.5. The zero-order valence-electron chi connectivity index (χ0n) is 39.8. The Labute approximate surface area is 386 Å². The summed E-state index contributed by atoms with van der Waals surface area (Å²) in [5.74, 6) is 3.35. The van der Waals surface area contributed by atoms with Crippen molar-refractivity contribution < 1.29 is 18.3 Å². The SMILES string of the molecule is C=Cc1cc(-c2nnc(-c3ccc(OCCCCCCCCCCCCCCCC)cc3)o2)cc(-c2nnc(-c3ccc(OCCCCCCCCCCCCCCCC)cc3)o2)c1. The highest BCUT2D eigenvalue weighted by Crippen LogP contribution is 2.32. The molecule has 2 heterocycles. The minimum atomic E-state index is 0.391. The maximum absolute atomic E-state index is 6.17. The highest BCUT2D eigenvalue weighted by Gasteiger charge is 2.16. The summed E-state index contributed by atoms with van der Waals surface area (Å²) in [4.78, 5) is 0. The lowest BCUT2D eigenvalue weighted by atomic mass is 10.0. The first-order valence-electron chi connectivity index (χ1n) is 25.6. The summed E-state index contributed by atoms with van der Waals surface area (Å²) in [7, 11) is 0. The maximum Gasteiger partial charge on any atom is 0.248 e. The van der Waals surface area contributed by atoms with Crippen LogP contribution in [0.25, 0.3) is 51.9 Å². The summed E-state index contributed by atoms with van der Waals surface area (Å²) in [5, 5.41) is 17.5. The largest absolute Gasteiger partial charge is 0.494 e. The van der Waals surface area contributed by atoms with Gasteiger partial charge in [-0.05, 0) is 85.1 Å². The van der Waals surface area contributed by atoms with Crippen LogP contribution in [0.1, 0.15) is 199 Å². The van der Waals surface area contributed by atoms with Gasteiger partial charge in [-0.2, -0.15) is 0 Å². The van der Waals surface area contributed by atoms with E-state index in [-0.39, 0.29) is 0 Å². The van der Waals surface area contributed by atoms with Crippen molar-refractivity contribution in [2.45, 2.75) is 194 Å². The Morgan fingerprint density at radius 1 is 0.375 bits per heavy atom. The van der Waals surface area contributed by atoms with Crippen LogP contribution in [0.4, 0.5) is 0 Å². The normalized spacial score (nSPS) is 11.3. The molecule has 0 aliphatic heterocycles. The van der Waals surface area contributed by atoms with Gasteiger partial charge in [0, 0.05) is 22.3 Å². The Morgan fingerprint density at radius 3 is 0.953 bits per heavy atom. The fraction of sp³-hybridized carbons (Fsp3) is 0.571. The van der Waals surface area contributed by atoms with E-state index in [1.54, 1.807) is 6.08 Å². The molecule has 348 valence electrons. The number of hydrogen-bond acceptors (Lipinski definition) is 8. The zero-order chi connectivity index (χ0) is 44.7. The van der Waals surface area contributed by atoms with Gasteiger partial charge in [0.15, 0.2) is 0 Å². The summed E-state index contributed by atoms with van der Waals surface area (Å²) >= 11 is 0. The molecule has 5 rings (SSSR count). The van der Waals surface area contributed by atoms with E-state index < -0.39 is 0 Å². The number of benzene rings is 3. The molecule has 0 fully saturated rings. The molecule has 2 aromatic heterocycles. The van der Waals surface area contributed by atoms with E-state index in [0.717, 1.165) is 65.4 Å². The second kappa shape index (κ2) is 31.2. The molecule has 5 aromatic rings. The van der Waals surface area contributed by atoms with Crippen LogP contribution in [-0.2, 0) is 0 Å². The van der Waals surface area contributed by atoms with Gasteiger partial charge in [-0.1, -0.05) is 193 Å². The van der Waals surface area contributed by atoms with Gasteiger partial charge in [-0.15, -0.1) is 20.4 Å². The maximum atomic E-state index is 6.17. The van der Waals surface area contributed by atoms with E-state index in [1.165, 1.54) is 167 Å². The van der Waals surface area contributed by atoms with E-state index in [4.69, 9.17) is 18.3 Å². The predicted octanol–water partition coefficient (Wildman–Crippen LogP) is 17.5. The third-order valence-corrected chi connectivity index (χ3v) is 12.3. The summed E-state index contributed by atoms with van der Waals surface area (Å²) in [6, 6.07) is 21.5. The van der Waals surface area contributed by atoms with Crippen molar-refractivity contribution in [1.82, 2.24) is 20.4 Å². The van der Waals surface area contributed by atoms with Crippen LogP contribution >= 0.6 is 0 Å². The Morgan fingerprint density at radius 2 is 0.656 bits per heavy atom. The molecule has 0 aliphatic carbocycles. The van der Waals surface area contributed by atoms with Crippen molar-refractivity contribution >= 4 is 6.08 Å². The van der Waals surface area contributed by atoms with Crippen LogP contribution in [0.5, 0.6) is 11.5 Å². The number of nitrogens with zero attached hydrogens (tertiary/aromatic N) is 4. The van der Waals surface area contributed by atoms with Crippen LogP contribution in [0.2, 0.25) is 0 Å². The minimum Gasteiger partial charge on any atom is -0.494 e. The average Bonchev–Trinajstić information content (AvgIpc) is 4.04. The van der Waals surface area contributed by atoms with Gasteiger partial charge in [0.2, 0.25) is 23.6 Å². The van der Waals surface area contributed by atoms with E-state index in [0.29, 0.717) is 23.6 Å². The fourth-order valence-corrected chi connectivity index (χ4v) is 8.29. The zero-order valence-corrected chi connectivity index (χ0v) is 39.8. The highest BCUT2D eigenvalue weighted by atomic mass is 16.5. The lowest BCUT2D eigenvalue weighted by Crippen LogP contribution is -1.97. The lowest BCUT2D eigenvalue weighted by molar-refractivity contribution is 0.304. The van der Waals surface area contributed by atoms with Crippen molar-refractivity contribution in [2.24, 2.45) is 0 Å². The second-order valence-electron chi connectivity index (χ2n) is 17.8. The van der Waals surface area contributed by atoms with Crippen molar-refractivity contribution in [3.63, 3.8) is 0 Å². The number of rotatable bonds is 37. The van der Waals surface area contributed by atoms with Gasteiger partial charge < -0.3 is 18.3 Å². The van der Waals surface area contributed by atoms with Gasteiger partial charge >= 0.3 is 0 Å². The number of ether oxygens (including phenoxy) is 2. The summed E-state index contributed by atoms with van der Waals surface area (Å²) in [5.41, 5.74) is 4.00. The van der Waals surface area contributed by atoms with Gasteiger partial charge in [0.1, 0.15) is 11.5 Å². The van der Waals surface area contributed by atoms with E-state index in [2.05, 4.69) is 40.8 Å². The van der Waals surface area contributed by atoms with Crippen molar-refractivity contribution in [3.8, 4) is 57.3 Å². The van der Waals surface area contributed by atoms with E-state index in [1.807, 2.05) is 66.7 Å². The molecule has 3 aromatic carbocycles. The van der Waals surface area contributed by atoms with Gasteiger partial charge in [0.25, 0.3) is 0 Å². The molecule has 8 nitrogen and oxygen atoms in total. The monoisotopic (exact) mass is 873 g/mol. The minimum absolute atomic E-state index is 0.391. The lowest BCUT2D eigenvalue weighted by Gasteiger charge is -2.07. The molecule has 0 N–H and O–H groups in total. The molecule has 0 unspecified atom stereocenters. The molecule has 8 heteroatoms. The van der Waals surface area contributed by atoms with Crippen molar-refractivity contribution in [1.29, 1.82) is 0 Å². The number of aromatic nitrogens is 4. The van der Waals surface area contributed by atoms with Crippen LogP contribution < -0.4 is 9.47 Å². The number of hydrogen-bond donors (Lipinski definition) is 0. The molecule has 0 bridgehead atoms. The Balaban J connectivity index is 0.985. The Kier molecular flexibility index (Phi) is 24.5. The van der Waals surface area contributed by atoms with E-state index >= 15 is 0 Å². The highest BCUT2D eigenvalue weighted by molar-refractivity contribution is 5.71. The quantitative estimate of drug-likeness (QED) is 0.0364. The van der Waals surface area contributed by atoms with Gasteiger partial charge in [-0.25, -0.2) is 0 Å². The predicted molar refractivity (Wildman–Crippen MR) is 266 cm³/mol. The molecule has 0 spiro atoms. The van der Waals surface area contributed by atoms with Crippen molar-refractivity contribution in [2.75, 3.05) is 13.2 Å². The molecule has 0 saturated heterocycles. The van der Waals surface area contributed by atoms with Gasteiger partial charge in [0.05, 0.1) is 13.2 Å². The molecule has 64 heavy (non-hydrogen) atoms. The fourth-order valence-electron chi connectivity index (χ4n) is 8.29.